The molecule has 5 N–H and O–H groups in total. The van der Waals surface area contributed by atoms with Crippen molar-refractivity contribution >= 4 is 35.8 Å². The van der Waals surface area contributed by atoms with Crippen LogP contribution >= 0.6 is 0 Å². The second-order valence-electron chi connectivity index (χ2n) is 15.1. The molecule has 0 spiro atoms. The Labute approximate surface area is 344 Å². The van der Waals surface area contributed by atoms with Crippen LogP contribution in [0.2, 0.25) is 0 Å². The highest BCUT2D eigenvalue weighted by atomic mass is 16.5. The number of benzene rings is 1. The Morgan fingerprint density at radius 1 is 1.03 bits per heavy atom. The molecule has 3 amide bonds. The van der Waals surface area contributed by atoms with Crippen molar-refractivity contribution in [2.24, 2.45) is 17.8 Å². The maximum absolute atomic E-state index is 14.0. The van der Waals surface area contributed by atoms with Gasteiger partial charge in [0.05, 0.1) is 12.1 Å². The highest BCUT2D eigenvalue weighted by Crippen LogP contribution is 2.21. The molecule has 318 valence electrons. The Balaban J connectivity index is 2.21. The van der Waals surface area contributed by atoms with Crippen LogP contribution in [-0.4, -0.2) is 96.3 Å². The first-order valence-electron chi connectivity index (χ1n) is 20.2. The number of aliphatic hydroxyl groups is 1. The fourth-order valence-electron chi connectivity index (χ4n) is 6.46. The monoisotopic (exact) mass is 803 g/mol. The van der Waals surface area contributed by atoms with Gasteiger partial charge in [-0.1, -0.05) is 93.6 Å². The third kappa shape index (κ3) is 17.7. The highest BCUT2D eigenvalue weighted by molar-refractivity contribution is 5.90. The minimum atomic E-state index is -0.886. The first-order chi connectivity index (χ1) is 27.7. The number of rotatable bonds is 25. The SMILES string of the molecule is C=CCNC(=O)/C=C/C=C(\C)[C@H](C/C=C/C=C/CC(C)C(O)C(C=O)CCC(C)=O)OC(=O)C1CCCN(C(=O)C(Cc2ccccc2)NC(=O)C(NC)C(C)C)N1. The predicted octanol–water partition coefficient (Wildman–Crippen LogP) is 4.24. The van der Waals surface area contributed by atoms with E-state index in [-0.39, 0.29) is 48.2 Å². The number of ether oxygens (including phenoxy) is 1. The number of hydrazine groups is 1. The summed E-state index contributed by atoms with van der Waals surface area (Å²) >= 11 is 0. The quantitative estimate of drug-likeness (QED) is 0.0315. The molecule has 1 fully saturated rings. The summed E-state index contributed by atoms with van der Waals surface area (Å²) in [6, 6.07) is 7.20. The molecule has 0 bridgehead atoms. The van der Waals surface area contributed by atoms with E-state index in [4.69, 9.17) is 4.74 Å². The number of likely N-dealkylation sites (N-methyl/N-ethyl adjacent to an activating group) is 1. The van der Waals surface area contributed by atoms with Gasteiger partial charge < -0.3 is 35.4 Å². The zero-order valence-corrected chi connectivity index (χ0v) is 35.0. The van der Waals surface area contributed by atoms with Crippen molar-refractivity contribution in [3.8, 4) is 0 Å². The molecule has 0 aromatic heterocycles. The normalized spacial score (nSPS) is 18.0. The van der Waals surface area contributed by atoms with E-state index in [0.29, 0.717) is 57.1 Å². The number of aldehydes is 1. The first-order valence-corrected chi connectivity index (χ1v) is 20.2. The number of amides is 3. The number of aliphatic hydroxyl groups excluding tert-OH is 1. The standard InChI is InChI=1S/C45H65N5O8/c1-8-27-47-40(53)24-16-19-32(4)39(23-15-10-9-12-18-33(5)42(54)36(30-51)26-25-34(6)52)58-45(57)37-22-17-28-50(49-37)44(56)38(29-35-20-13-11-14-21-35)48-43(55)41(46-7)31(2)3/h8-16,19-21,24,30-31,33,36-39,41-42,46,49,54H,1,17-18,22-23,25-29H2,2-7H3,(H,47,53)(H,48,55)/b12-9+,15-10+,24-16+,32-19+/t33?,36?,37?,38?,39-,41?,42?/m0/s1. The second kappa shape index (κ2) is 26.8. The van der Waals surface area contributed by atoms with Crippen molar-refractivity contribution in [3.05, 3.63) is 96.7 Å². The fraction of sp³-hybridized carbons (Fsp3) is 0.511. The molecule has 0 saturated carbocycles. The van der Waals surface area contributed by atoms with Crippen LogP contribution in [-0.2, 0) is 39.9 Å². The summed E-state index contributed by atoms with van der Waals surface area (Å²) in [6.07, 6.45) is 15.2. The molecule has 58 heavy (non-hydrogen) atoms. The van der Waals surface area contributed by atoms with Crippen molar-refractivity contribution in [1.82, 2.24) is 26.4 Å². The summed E-state index contributed by atoms with van der Waals surface area (Å²) in [5.41, 5.74) is 4.62. The molecule has 1 aromatic carbocycles. The van der Waals surface area contributed by atoms with Crippen LogP contribution in [0.5, 0.6) is 0 Å². The number of nitrogens with zero attached hydrogens (tertiary/aromatic N) is 1. The van der Waals surface area contributed by atoms with Gasteiger partial charge in [0.25, 0.3) is 5.91 Å². The topological polar surface area (TPSA) is 183 Å². The Morgan fingerprint density at radius 2 is 1.72 bits per heavy atom. The van der Waals surface area contributed by atoms with E-state index in [0.717, 1.165) is 5.56 Å². The Kier molecular flexibility index (Phi) is 22.8. The molecular weight excluding hydrogens is 739 g/mol. The Hall–Kier alpha value is -4.98. The maximum atomic E-state index is 14.0. The summed E-state index contributed by atoms with van der Waals surface area (Å²) in [4.78, 5) is 76.0. The van der Waals surface area contributed by atoms with Crippen LogP contribution in [0.25, 0.3) is 0 Å². The number of nitrogens with one attached hydrogen (secondary N) is 4. The van der Waals surface area contributed by atoms with E-state index in [2.05, 4.69) is 28.0 Å². The summed E-state index contributed by atoms with van der Waals surface area (Å²) in [7, 11) is 1.70. The average molecular weight is 804 g/mol. The predicted molar refractivity (Wildman–Crippen MR) is 226 cm³/mol. The lowest BCUT2D eigenvalue weighted by molar-refractivity contribution is -0.156. The molecule has 1 heterocycles. The molecule has 7 atom stereocenters. The molecule has 1 aromatic rings. The van der Waals surface area contributed by atoms with Crippen molar-refractivity contribution in [1.29, 1.82) is 0 Å². The molecule has 0 radical (unpaired) electrons. The molecule has 13 heteroatoms. The first kappa shape index (κ1) is 49.2. The van der Waals surface area contributed by atoms with Crippen molar-refractivity contribution < 1.29 is 38.6 Å². The molecule has 2 rings (SSSR count). The Morgan fingerprint density at radius 3 is 2.34 bits per heavy atom. The van der Waals surface area contributed by atoms with E-state index < -0.39 is 42.2 Å². The van der Waals surface area contributed by atoms with Crippen LogP contribution in [0, 0.1) is 17.8 Å². The van der Waals surface area contributed by atoms with Gasteiger partial charge in [-0.25, -0.2) is 5.43 Å². The van der Waals surface area contributed by atoms with E-state index in [1.807, 2.05) is 69.3 Å². The van der Waals surface area contributed by atoms with E-state index in [9.17, 15) is 33.9 Å². The average Bonchev–Trinajstić information content (AvgIpc) is 3.20. The van der Waals surface area contributed by atoms with E-state index >= 15 is 0 Å². The summed E-state index contributed by atoms with van der Waals surface area (Å²) in [6.45, 7) is 13.2. The van der Waals surface area contributed by atoms with E-state index in [1.54, 1.807) is 38.3 Å². The lowest BCUT2D eigenvalue weighted by Crippen LogP contribution is -2.61. The van der Waals surface area contributed by atoms with Crippen LogP contribution < -0.4 is 21.4 Å². The molecule has 1 aliphatic heterocycles. The van der Waals surface area contributed by atoms with Gasteiger partial charge in [-0.3, -0.25) is 24.2 Å². The maximum Gasteiger partial charge on any atom is 0.325 e. The molecule has 0 aliphatic carbocycles. The lowest BCUT2D eigenvalue weighted by atomic mass is 9.87. The molecule has 1 saturated heterocycles. The van der Waals surface area contributed by atoms with Gasteiger partial charge >= 0.3 is 5.97 Å². The third-order valence-electron chi connectivity index (χ3n) is 9.96. The number of Topliss-reactive ketones (excluding diaryl/α,β-unsaturated/α-hetero) is 1. The third-order valence-corrected chi connectivity index (χ3v) is 9.96. The van der Waals surface area contributed by atoms with Crippen molar-refractivity contribution in [2.75, 3.05) is 20.1 Å². The van der Waals surface area contributed by atoms with Crippen LogP contribution in [0.1, 0.15) is 78.7 Å². The number of esters is 1. The van der Waals surface area contributed by atoms with Gasteiger partial charge in [0.15, 0.2) is 0 Å². The van der Waals surface area contributed by atoms with Crippen LogP contribution in [0.15, 0.2) is 91.1 Å². The number of allylic oxidation sites excluding steroid dienone is 5. The van der Waals surface area contributed by atoms with Gasteiger partial charge in [-0.05, 0) is 69.6 Å². The van der Waals surface area contributed by atoms with Gasteiger partial charge in [0, 0.05) is 44.3 Å². The van der Waals surface area contributed by atoms with Gasteiger partial charge in [0.1, 0.15) is 30.3 Å². The number of carbonyl (C=O) groups excluding carboxylic acids is 6. The largest absolute Gasteiger partial charge is 0.456 e. The zero-order chi connectivity index (χ0) is 43.0. The summed E-state index contributed by atoms with van der Waals surface area (Å²) in [5, 5.41) is 20.7. The highest BCUT2D eigenvalue weighted by Gasteiger charge is 2.35. The van der Waals surface area contributed by atoms with Gasteiger partial charge in [-0.2, -0.15) is 0 Å². The number of carbonyl (C=O) groups is 6. The number of hydrogen-bond donors (Lipinski definition) is 5. The minimum Gasteiger partial charge on any atom is -0.456 e. The van der Waals surface area contributed by atoms with E-state index in [1.165, 1.54) is 18.0 Å². The number of hydrogen-bond acceptors (Lipinski definition) is 10. The second-order valence-corrected chi connectivity index (χ2v) is 15.1. The molecular formula is C45H65N5O8. The molecule has 1 aliphatic rings. The zero-order valence-electron chi connectivity index (χ0n) is 35.0. The smallest absolute Gasteiger partial charge is 0.325 e. The number of ketones is 1. The lowest BCUT2D eigenvalue weighted by Gasteiger charge is -2.36. The fourth-order valence-corrected chi connectivity index (χ4v) is 6.46. The van der Waals surface area contributed by atoms with Crippen LogP contribution in [0.3, 0.4) is 0 Å². The minimum absolute atomic E-state index is 0.0129. The van der Waals surface area contributed by atoms with Gasteiger partial charge in [-0.15, -0.1) is 6.58 Å². The molecule has 13 nitrogen and oxygen atoms in total. The van der Waals surface area contributed by atoms with Crippen molar-refractivity contribution in [3.63, 3.8) is 0 Å². The summed E-state index contributed by atoms with van der Waals surface area (Å²) < 4.78 is 6.05. The van der Waals surface area contributed by atoms with Crippen LogP contribution in [0.4, 0.5) is 0 Å². The molecule has 6 unspecified atom stereocenters. The Bertz CT molecular complexity index is 1620. The van der Waals surface area contributed by atoms with Gasteiger partial charge in [0.2, 0.25) is 11.8 Å². The van der Waals surface area contributed by atoms with Crippen molar-refractivity contribution in [2.45, 2.75) is 110 Å². The summed E-state index contributed by atoms with van der Waals surface area (Å²) in [5.74, 6) is -2.39.